The summed E-state index contributed by atoms with van der Waals surface area (Å²) in [4.78, 5) is 18.1. The maximum Gasteiger partial charge on any atom is 0.213 e. The van der Waals surface area contributed by atoms with Crippen LogP contribution in [0.3, 0.4) is 0 Å². The molecule has 0 aliphatic heterocycles. The zero-order chi connectivity index (χ0) is 27.6. The standard InChI is InChI=1S/C24H42N2O2.C3H6.C2H3NO2.FH/c1-7-13-22(18-20(4)27)16-17-26-23(21(5)24(28)25-6)15-12-10-9-11-14-19(3)8-2;1-2-3-1;4-1-3-2-5;/h7-9,11-12,15-17,19-28H,1-2,10,13-14,18H2,3-6H3;1-3H2;1-2H,(H,3,4,5);1H/b11-9+,15-12+,17-16+;;;. The van der Waals surface area contributed by atoms with Crippen molar-refractivity contribution in [3.05, 3.63) is 61.9 Å². The summed E-state index contributed by atoms with van der Waals surface area (Å²) in [6.45, 7) is 13.6. The van der Waals surface area contributed by atoms with Crippen LogP contribution in [0.2, 0.25) is 0 Å². The van der Waals surface area contributed by atoms with Crippen molar-refractivity contribution in [3.8, 4) is 0 Å². The maximum absolute atomic E-state index is 10.2. The van der Waals surface area contributed by atoms with Crippen molar-refractivity contribution in [3.63, 3.8) is 0 Å². The molecular weight excluding hydrogens is 473 g/mol. The summed E-state index contributed by atoms with van der Waals surface area (Å²) in [5, 5.41) is 27.8. The first-order chi connectivity index (χ1) is 17.3. The Balaban J connectivity index is -0.00000109. The van der Waals surface area contributed by atoms with Crippen LogP contribution >= 0.6 is 0 Å². The zero-order valence-corrected chi connectivity index (χ0v) is 23.2. The molecule has 6 atom stereocenters. The van der Waals surface area contributed by atoms with Crippen molar-refractivity contribution in [2.75, 3.05) is 7.05 Å². The molecule has 0 bridgehead atoms. The molecule has 7 nitrogen and oxygen atoms in total. The highest BCUT2D eigenvalue weighted by atomic mass is 19.0. The van der Waals surface area contributed by atoms with Crippen LogP contribution in [-0.4, -0.2) is 48.5 Å². The molecular formula is C29H52FN3O4. The van der Waals surface area contributed by atoms with Crippen molar-refractivity contribution < 1.29 is 24.5 Å². The molecule has 0 radical (unpaired) electrons. The average Bonchev–Trinajstić information content (AvgIpc) is 3.74. The highest BCUT2D eigenvalue weighted by Gasteiger charge is 2.20. The van der Waals surface area contributed by atoms with Gasteiger partial charge in [-0.25, -0.2) is 0 Å². The third kappa shape index (κ3) is 27.9. The molecule has 37 heavy (non-hydrogen) atoms. The predicted molar refractivity (Wildman–Crippen MR) is 153 cm³/mol. The third-order valence-corrected chi connectivity index (χ3v) is 5.31. The van der Waals surface area contributed by atoms with Crippen molar-refractivity contribution >= 4 is 12.8 Å². The number of aliphatic hydroxyl groups excluding tert-OH is 2. The van der Waals surface area contributed by atoms with E-state index in [9.17, 15) is 10.2 Å². The van der Waals surface area contributed by atoms with Gasteiger partial charge in [-0.1, -0.05) is 75.6 Å². The Morgan fingerprint density at radius 3 is 1.97 bits per heavy atom. The van der Waals surface area contributed by atoms with Crippen LogP contribution in [0.4, 0.5) is 4.70 Å². The van der Waals surface area contributed by atoms with E-state index in [1.807, 2.05) is 25.3 Å². The molecule has 1 aliphatic rings. The molecule has 0 aromatic carbocycles. The molecule has 0 heterocycles. The van der Waals surface area contributed by atoms with Gasteiger partial charge >= 0.3 is 0 Å². The first-order valence-electron chi connectivity index (χ1n) is 12.9. The number of hydrogen-bond acceptors (Lipinski definition) is 6. The average molecular weight is 526 g/mol. The fourth-order valence-corrected chi connectivity index (χ4v) is 2.89. The Morgan fingerprint density at radius 1 is 0.919 bits per heavy atom. The topological polar surface area (TPSA) is 111 Å². The van der Waals surface area contributed by atoms with Crippen LogP contribution < -0.4 is 16.0 Å². The lowest BCUT2D eigenvalue weighted by atomic mass is 9.97. The van der Waals surface area contributed by atoms with Crippen LogP contribution in [0.25, 0.3) is 0 Å². The van der Waals surface area contributed by atoms with Gasteiger partial charge in [0, 0.05) is 5.92 Å². The minimum absolute atomic E-state index is 0. The van der Waals surface area contributed by atoms with Gasteiger partial charge in [0.1, 0.15) is 6.23 Å². The molecule has 0 aromatic heterocycles. The van der Waals surface area contributed by atoms with Crippen molar-refractivity contribution in [2.45, 2.75) is 84.1 Å². The lowest BCUT2D eigenvalue weighted by molar-refractivity contribution is -0.117. The molecule has 8 heteroatoms. The van der Waals surface area contributed by atoms with E-state index in [2.05, 4.69) is 61.1 Å². The summed E-state index contributed by atoms with van der Waals surface area (Å²) in [5.41, 5.74) is 0. The Morgan fingerprint density at radius 2 is 1.54 bits per heavy atom. The first kappa shape index (κ1) is 39.0. The minimum atomic E-state index is -0.596. The molecule has 1 rings (SSSR count). The van der Waals surface area contributed by atoms with E-state index >= 15 is 0 Å². The van der Waals surface area contributed by atoms with Crippen LogP contribution in [0.15, 0.2) is 61.9 Å². The Hall–Kier alpha value is -2.55. The Bertz CT molecular complexity index is 642. The summed E-state index contributed by atoms with van der Waals surface area (Å²) < 4.78 is 0. The highest BCUT2D eigenvalue weighted by molar-refractivity contribution is 5.67. The number of halogens is 1. The molecule has 1 saturated carbocycles. The Labute approximate surface area is 224 Å². The number of carbonyl (C=O) groups excluding carboxylic acids is 2. The lowest BCUT2D eigenvalue weighted by Crippen LogP contribution is -2.42. The fraction of sp³-hybridized carbons (Fsp3) is 0.586. The normalized spacial score (nSPS) is 16.9. The number of rotatable bonds is 18. The van der Waals surface area contributed by atoms with Gasteiger partial charge in [-0.15, -0.1) is 13.2 Å². The maximum atomic E-state index is 10.2. The van der Waals surface area contributed by atoms with Gasteiger partial charge < -0.3 is 20.8 Å². The predicted octanol–water partition coefficient (Wildman–Crippen LogP) is 4.52. The lowest BCUT2D eigenvalue weighted by Gasteiger charge is -2.26. The van der Waals surface area contributed by atoms with Gasteiger partial charge in [0.2, 0.25) is 12.8 Å². The van der Waals surface area contributed by atoms with Crippen LogP contribution in [0.1, 0.15) is 65.7 Å². The molecule has 6 unspecified atom stereocenters. The molecule has 214 valence electrons. The van der Waals surface area contributed by atoms with Gasteiger partial charge in [-0.05, 0) is 57.7 Å². The molecule has 1 fully saturated rings. The van der Waals surface area contributed by atoms with Gasteiger partial charge in [0.25, 0.3) is 0 Å². The van der Waals surface area contributed by atoms with Crippen LogP contribution in [0.5, 0.6) is 0 Å². The molecule has 0 spiro atoms. The van der Waals surface area contributed by atoms with Crippen LogP contribution in [0, 0.1) is 17.8 Å². The van der Waals surface area contributed by atoms with E-state index in [1.165, 1.54) is 19.3 Å². The van der Waals surface area contributed by atoms with E-state index < -0.39 is 6.23 Å². The number of allylic oxidation sites excluding steroid dienone is 6. The second-order valence-corrected chi connectivity index (χ2v) is 9.06. The minimum Gasteiger partial charge on any atom is -0.393 e. The summed E-state index contributed by atoms with van der Waals surface area (Å²) in [7, 11) is 1.75. The van der Waals surface area contributed by atoms with Gasteiger partial charge in [-0.2, -0.15) is 0 Å². The van der Waals surface area contributed by atoms with Gasteiger partial charge in [0.15, 0.2) is 0 Å². The van der Waals surface area contributed by atoms with Crippen molar-refractivity contribution in [2.24, 2.45) is 17.8 Å². The number of hydrogen-bond donors (Lipinski definition) is 5. The van der Waals surface area contributed by atoms with E-state index in [-0.39, 0.29) is 28.7 Å². The van der Waals surface area contributed by atoms with Gasteiger partial charge in [-0.3, -0.25) is 19.6 Å². The molecule has 1 aliphatic carbocycles. The van der Waals surface area contributed by atoms with E-state index in [0.717, 1.165) is 19.3 Å². The van der Waals surface area contributed by atoms with E-state index in [1.54, 1.807) is 19.3 Å². The molecule has 5 N–H and O–H groups in total. The quantitative estimate of drug-likeness (QED) is 0.102. The molecule has 0 saturated heterocycles. The van der Waals surface area contributed by atoms with Crippen molar-refractivity contribution in [1.82, 2.24) is 16.0 Å². The summed E-state index contributed by atoms with van der Waals surface area (Å²) in [5.74, 6) is 0.731. The smallest absolute Gasteiger partial charge is 0.213 e. The van der Waals surface area contributed by atoms with Crippen molar-refractivity contribution in [1.29, 1.82) is 0 Å². The second kappa shape index (κ2) is 28.0. The SMILES string of the molecule is C1CC1.C=CCC(/C=C/NC(/C=C/C/C=C/CC(C)C=C)C(C)C(O)NC)CC(C)O.F.O=CNC=O. The number of amides is 2. The largest absolute Gasteiger partial charge is 0.393 e. The second-order valence-electron chi connectivity index (χ2n) is 9.06. The highest BCUT2D eigenvalue weighted by Crippen LogP contribution is 2.15. The third-order valence-electron chi connectivity index (χ3n) is 5.31. The van der Waals surface area contributed by atoms with E-state index in [4.69, 9.17) is 9.59 Å². The van der Waals surface area contributed by atoms with Crippen LogP contribution in [-0.2, 0) is 9.59 Å². The summed E-state index contributed by atoms with van der Waals surface area (Å²) >= 11 is 0. The summed E-state index contributed by atoms with van der Waals surface area (Å²) in [6, 6.07) is -0.00451. The van der Waals surface area contributed by atoms with Gasteiger partial charge in [0.05, 0.1) is 12.1 Å². The monoisotopic (exact) mass is 525 g/mol. The number of nitrogens with one attached hydrogen (secondary N) is 3. The number of imide groups is 1. The Kier molecular flexibility index (Phi) is 29.5. The zero-order valence-electron chi connectivity index (χ0n) is 23.2. The first-order valence-corrected chi connectivity index (χ1v) is 12.9. The number of carbonyl (C=O) groups is 2. The fourth-order valence-electron chi connectivity index (χ4n) is 2.89. The molecule has 0 aromatic rings. The summed E-state index contributed by atoms with van der Waals surface area (Å²) in [6.07, 6.45) is 24.0. The van der Waals surface area contributed by atoms with E-state index in [0.29, 0.717) is 25.2 Å². The number of aliphatic hydroxyl groups is 2. The molecule has 2 amide bonds.